The molecule has 0 amide bonds. The molecule has 4 rings (SSSR count). The molecular weight excluding hydrogens is 334 g/mol. The van der Waals surface area contributed by atoms with Gasteiger partial charge in [0.2, 0.25) is 0 Å². The molecule has 6 heteroatoms. The fourth-order valence-corrected chi connectivity index (χ4v) is 2.99. The highest BCUT2D eigenvalue weighted by molar-refractivity contribution is 6.04. The van der Waals surface area contributed by atoms with Crippen LogP contribution in [-0.4, -0.2) is 36.4 Å². The quantitative estimate of drug-likeness (QED) is 0.774. The van der Waals surface area contributed by atoms with E-state index in [9.17, 15) is 9.90 Å². The van der Waals surface area contributed by atoms with Gasteiger partial charge in [0.15, 0.2) is 11.5 Å². The number of methoxy groups -OCH3 is 1. The summed E-state index contributed by atoms with van der Waals surface area (Å²) in [5, 5.41) is 10.2. The number of hydrogen-bond acceptors (Lipinski definition) is 5. The highest BCUT2D eigenvalue weighted by atomic mass is 16.5. The Morgan fingerprint density at radius 2 is 1.88 bits per heavy atom. The lowest BCUT2D eigenvalue weighted by atomic mass is 10.0. The normalized spacial score (nSPS) is 13.3. The molecule has 0 bridgehead atoms. The third-order valence-corrected chi connectivity index (χ3v) is 4.27. The predicted octanol–water partition coefficient (Wildman–Crippen LogP) is 3.77. The first-order chi connectivity index (χ1) is 12.7. The summed E-state index contributed by atoms with van der Waals surface area (Å²) < 4.78 is 16.6. The first-order valence-electron chi connectivity index (χ1n) is 8.28. The number of nitrogens with zero attached hydrogens (tertiary/aromatic N) is 1. The van der Waals surface area contributed by atoms with E-state index in [2.05, 4.69) is 4.98 Å². The Labute approximate surface area is 150 Å². The van der Waals surface area contributed by atoms with Gasteiger partial charge in [-0.25, -0.2) is 9.78 Å². The Morgan fingerprint density at radius 3 is 2.62 bits per heavy atom. The standard InChI is InChI=1S/C20H17NO5/c1-24-13-5-2-4-12(8-13)16-9-15(20(22)23)14-10-18-19(11-17(14)21-16)26-7-3-6-25-18/h2,4-5,8-11H,3,6-7H2,1H3,(H,22,23). The Balaban J connectivity index is 1.94. The number of hydrogen-bond donors (Lipinski definition) is 1. The van der Waals surface area contributed by atoms with E-state index in [0.29, 0.717) is 47.1 Å². The second-order valence-electron chi connectivity index (χ2n) is 5.96. The highest BCUT2D eigenvalue weighted by Gasteiger charge is 2.18. The molecule has 0 saturated heterocycles. The van der Waals surface area contributed by atoms with Gasteiger partial charge in [0.25, 0.3) is 0 Å². The average Bonchev–Trinajstić information content (AvgIpc) is 2.90. The monoisotopic (exact) mass is 351 g/mol. The van der Waals surface area contributed by atoms with Gasteiger partial charge >= 0.3 is 5.97 Å². The van der Waals surface area contributed by atoms with Crippen molar-refractivity contribution in [1.82, 2.24) is 4.98 Å². The number of pyridine rings is 1. The van der Waals surface area contributed by atoms with E-state index in [1.165, 1.54) is 0 Å². The van der Waals surface area contributed by atoms with Crippen LogP contribution in [-0.2, 0) is 0 Å². The van der Waals surface area contributed by atoms with E-state index >= 15 is 0 Å². The third-order valence-electron chi connectivity index (χ3n) is 4.27. The number of fused-ring (bicyclic) bond motifs is 2. The predicted molar refractivity (Wildman–Crippen MR) is 96.3 cm³/mol. The second-order valence-corrected chi connectivity index (χ2v) is 5.96. The van der Waals surface area contributed by atoms with Gasteiger partial charge in [-0.3, -0.25) is 0 Å². The lowest BCUT2D eigenvalue weighted by molar-refractivity contribution is 0.0699. The fraction of sp³-hybridized carbons (Fsp3) is 0.200. The van der Waals surface area contributed by atoms with Crippen LogP contribution in [0.2, 0.25) is 0 Å². The molecule has 0 radical (unpaired) electrons. The summed E-state index contributed by atoms with van der Waals surface area (Å²) in [7, 11) is 1.59. The number of carboxylic acid groups (broad SMARTS) is 1. The number of ether oxygens (including phenoxy) is 3. The fourth-order valence-electron chi connectivity index (χ4n) is 2.99. The van der Waals surface area contributed by atoms with Gasteiger partial charge in [-0.1, -0.05) is 12.1 Å². The zero-order chi connectivity index (χ0) is 18.1. The lowest BCUT2D eigenvalue weighted by Gasteiger charge is -2.12. The number of aromatic carboxylic acids is 1. The third kappa shape index (κ3) is 2.90. The maximum absolute atomic E-state index is 11.8. The molecule has 0 aliphatic carbocycles. The summed E-state index contributed by atoms with van der Waals surface area (Å²) >= 11 is 0. The minimum Gasteiger partial charge on any atom is -0.497 e. The number of carbonyl (C=O) groups is 1. The Kier molecular flexibility index (Phi) is 4.08. The minimum absolute atomic E-state index is 0.170. The molecule has 0 atom stereocenters. The van der Waals surface area contributed by atoms with Crippen molar-refractivity contribution in [1.29, 1.82) is 0 Å². The van der Waals surface area contributed by atoms with Crippen LogP contribution >= 0.6 is 0 Å². The second kappa shape index (κ2) is 6.55. The molecule has 1 aliphatic heterocycles. The molecule has 3 aromatic rings. The van der Waals surface area contributed by atoms with Crippen molar-refractivity contribution in [2.75, 3.05) is 20.3 Å². The summed E-state index contributed by atoms with van der Waals surface area (Å²) in [5.74, 6) is 0.797. The van der Waals surface area contributed by atoms with Crippen LogP contribution in [0.25, 0.3) is 22.2 Å². The number of carboxylic acids is 1. The maximum atomic E-state index is 11.8. The molecule has 0 saturated carbocycles. The van der Waals surface area contributed by atoms with Crippen molar-refractivity contribution in [3.05, 3.63) is 48.0 Å². The van der Waals surface area contributed by atoms with Crippen LogP contribution in [0.5, 0.6) is 17.2 Å². The van der Waals surface area contributed by atoms with Crippen molar-refractivity contribution in [3.63, 3.8) is 0 Å². The SMILES string of the molecule is COc1cccc(-c2cc(C(=O)O)c3cc4c(cc3n2)OCCCO4)c1. The first-order valence-corrected chi connectivity index (χ1v) is 8.28. The molecular formula is C20H17NO5. The Bertz CT molecular complexity index is 999. The average molecular weight is 351 g/mol. The summed E-state index contributed by atoms with van der Waals surface area (Å²) in [4.78, 5) is 16.5. The van der Waals surface area contributed by atoms with Gasteiger partial charge in [-0.2, -0.15) is 0 Å². The summed E-state index contributed by atoms with van der Waals surface area (Å²) in [6.45, 7) is 1.09. The topological polar surface area (TPSA) is 77.9 Å². The highest BCUT2D eigenvalue weighted by Crippen LogP contribution is 2.36. The minimum atomic E-state index is -1.02. The molecule has 1 N–H and O–H groups in total. The smallest absolute Gasteiger partial charge is 0.336 e. The van der Waals surface area contributed by atoms with Crippen LogP contribution in [0, 0.1) is 0 Å². The van der Waals surface area contributed by atoms with Gasteiger partial charge in [0.1, 0.15) is 5.75 Å². The van der Waals surface area contributed by atoms with Crippen LogP contribution in [0.1, 0.15) is 16.8 Å². The van der Waals surface area contributed by atoms with Gasteiger partial charge in [0.05, 0.1) is 37.1 Å². The van der Waals surface area contributed by atoms with Crippen LogP contribution in [0.4, 0.5) is 0 Å². The van der Waals surface area contributed by atoms with E-state index in [4.69, 9.17) is 14.2 Å². The molecule has 1 aliphatic rings. The van der Waals surface area contributed by atoms with Gasteiger partial charge in [0, 0.05) is 23.4 Å². The van der Waals surface area contributed by atoms with Crippen molar-refractivity contribution in [2.24, 2.45) is 0 Å². The number of rotatable bonds is 3. The Hall–Kier alpha value is -3.28. The van der Waals surface area contributed by atoms with Crippen molar-refractivity contribution in [2.45, 2.75) is 6.42 Å². The molecule has 6 nitrogen and oxygen atoms in total. The Morgan fingerprint density at radius 1 is 1.12 bits per heavy atom. The van der Waals surface area contributed by atoms with Crippen LogP contribution < -0.4 is 14.2 Å². The molecule has 2 aromatic carbocycles. The summed E-state index contributed by atoms with van der Waals surface area (Å²) in [6.07, 6.45) is 0.777. The van der Waals surface area contributed by atoms with E-state index in [-0.39, 0.29) is 5.56 Å². The van der Waals surface area contributed by atoms with E-state index < -0.39 is 5.97 Å². The molecule has 132 valence electrons. The molecule has 26 heavy (non-hydrogen) atoms. The van der Waals surface area contributed by atoms with E-state index in [1.807, 2.05) is 24.3 Å². The van der Waals surface area contributed by atoms with E-state index in [1.54, 1.807) is 25.3 Å². The lowest BCUT2D eigenvalue weighted by Crippen LogP contribution is -2.01. The number of benzene rings is 2. The summed E-state index contributed by atoms with van der Waals surface area (Å²) in [5.41, 5.74) is 2.06. The van der Waals surface area contributed by atoms with E-state index in [0.717, 1.165) is 12.0 Å². The van der Waals surface area contributed by atoms with Crippen molar-refractivity contribution < 1.29 is 24.1 Å². The maximum Gasteiger partial charge on any atom is 0.336 e. The van der Waals surface area contributed by atoms with Gasteiger partial charge in [-0.15, -0.1) is 0 Å². The summed E-state index contributed by atoms with van der Waals surface area (Å²) in [6, 6.07) is 12.4. The molecule has 0 unspecified atom stereocenters. The first kappa shape index (κ1) is 16.2. The molecule has 0 fully saturated rings. The molecule has 1 aromatic heterocycles. The van der Waals surface area contributed by atoms with Crippen molar-refractivity contribution >= 4 is 16.9 Å². The van der Waals surface area contributed by atoms with Crippen molar-refractivity contribution in [3.8, 4) is 28.5 Å². The van der Waals surface area contributed by atoms with Gasteiger partial charge < -0.3 is 19.3 Å². The van der Waals surface area contributed by atoms with Gasteiger partial charge in [-0.05, 0) is 24.3 Å². The molecule has 0 spiro atoms. The van der Waals surface area contributed by atoms with Crippen LogP contribution in [0.15, 0.2) is 42.5 Å². The number of aromatic nitrogens is 1. The zero-order valence-electron chi connectivity index (χ0n) is 14.2. The zero-order valence-corrected chi connectivity index (χ0v) is 14.2. The molecule has 2 heterocycles. The largest absolute Gasteiger partial charge is 0.497 e. The van der Waals surface area contributed by atoms with Crippen LogP contribution in [0.3, 0.4) is 0 Å².